The molecule has 0 spiro atoms. The van der Waals surface area contributed by atoms with Crippen LogP contribution in [0.3, 0.4) is 0 Å². The van der Waals surface area contributed by atoms with Crippen molar-refractivity contribution in [1.29, 1.82) is 0 Å². The number of rotatable bonds is 7. The first-order chi connectivity index (χ1) is 15.4. The van der Waals surface area contributed by atoms with Gasteiger partial charge in [0.25, 0.3) is 5.56 Å². The van der Waals surface area contributed by atoms with Gasteiger partial charge >= 0.3 is 5.97 Å². The van der Waals surface area contributed by atoms with Crippen molar-refractivity contribution < 1.29 is 14.3 Å². The number of hydrogen-bond donors (Lipinski definition) is 1. The van der Waals surface area contributed by atoms with Crippen molar-refractivity contribution in [1.82, 2.24) is 15.0 Å². The average Bonchev–Trinajstić information content (AvgIpc) is 2.79. The summed E-state index contributed by atoms with van der Waals surface area (Å²) in [6.45, 7) is 2.01. The topological polar surface area (TPSA) is 85.1 Å². The van der Waals surface area contributed by atoms with Crippen molar-refractivity contribution in [2.75, 3.05) is 0 Å². The lowest BCUT2D eigenvalue weighted by Crippen LogP contribution is -2.27. The van der Waals surface area contributed by atoms with Crippen LogP contribution >= 0.6 is 11.8 Å². The van der Waals surface area contributed by atoms with E-state index in [1.807, 2.05) is 37.3 Å². The predicted molar refractivity (Wildman–Crippen MR) is 122 cm³/mol. The van der Waals surface area contributed by atoms with Crippen LogP contribution in [-0.2, 0) is 11.3 Å². The minimum Gasteiger partial charge on any atom is -0.480 e. The molecule has 6 nitrogen and oxygen atoms in total. The standard InChI is InChI=1S/C24H20FN3O3S/c1-15-3-2-4-20-22(15)26-27-28(23(20)29)14-13-21(24(30)31)32-19-11-7-17(8-12-19)16-5-9-18(25)10-6-16/h2-12,21H,13-14H2,1H3,(H,30,31). The smallest absolute Gasteiger partial charge is 0.317 e. The van der Waals surface area contributed by atoms with Gasteiger partial charge in [0.05, 0.1) is 5.39 Å². The Kier molecular flexibility index (Phi) is 6.32. The number of carboxylic acids is 1. The molecule has 1 atom stereocenters. The number of aryl methyl sites for hydroxylation is 2. The Morgan fingerprint density at radius 3 is 2.38 bits per heavy atom. The fourth-order valence-electron chi connectivity index (χ4n) is 3.39. The largest absolute Gasteiger partial charge is 0.480 e. The first-order valence-corrected chi connectivity index (χ1v) is 10.9. The molecule has 0 radical (unpaired) electrons. The number of aliphatic carboxylic acids is 1. The fraction of sp³-hybridized carbons (Fsp3) is 0.167. The molecular formula is C24H20FN3O3S. The fourth-order valence-corrected chi connectivity index (χ4v) is 4.34. The molecule has 0 saturated heterocycles. The van der Waals surface area contributed by atoms with Gasteiger partial charge in [0.1, 0.15) is 16.6 Å². The molecule has 162 valence electrons. The maximum atomic E-state index is 13.1. The van der Waals surface area contributed by atoms with Gasteiger partial charge in [0.2, 0.25) is 0 Å². The normalized spacial score (nSPS) is 12.1. The van der Waals surface area contributed by atoms with Gasteiger partial charge in [-0.25, -0.2) is 9.07 Å². The molecular weight excluding hydrogens is 429 g/mol. The third-order valence-corrected chi connectivity index (χ3v) is 6.41. The molecule has 3 aromatic carbocycles. The summed E-state index contributed by atoms with van der Waals surface area (Å²) >= 11 is 1.21. The lowest BCUT2D eigenvalue weighted by Gasteiger charge is -2.13. The highest BCUT2D eigenvalue weighted by atomic mass is 32.2. The molecule has 4 aromatic rings. The zero-order valence-corrected chi connectivity index (χ0v) is 18.1. The number of carboxylic acid groups (broad SMARTS) is 1. The number of benzene rings is 3. The molecule has 32 heavy (non-hydrogen) atoms. The molecule has 8 heteroatoms. The van der Waals surface area contributed by atoms with Gasteiger partial charge in [-0.2, -0.15) is 0 Å². The highest BCUT2D eigenvalue weighted by Crippen LogP contribution is 2.29. The number of thioether (sulfide) groups is 1. The first-order valence-electron chi connectivity index (χ1n) is 10.0. The van der Waals surface area contributed by atoms with Crippen LogP contribution in [0.15, 0.2) is 76.4 Å². The van der Waals surface area contributed by atoms with Crippen molar-refractivity contribution in [3.05, 3.63) is 88.5 Å². The molecule has 0 bridgehead atoms. The number of carbonyl (C=O) groups is 1. The summed E-state index contributed by atoms with van der Waals surface area (Å²) in [5, 5.41) is 17.5. The van der Waals surface area contributed by atoms with E-state index in [2.05, 4.69) is 10.3 Å². The summed E-state index contributed by atoms with van der Waals surface area (Å²) in [6.07, 6.45) is 0.214. The molecule has 0 aliphatic carbocycles. The van der Waals surface area contributed by atoms with Crippen LogP contribution in [0.5, 0.6) is 0 Å². The summed E-state index contributed by atoms with van der Waals surface area (Å²) in [6, 6.07) is 19.0. The van der Waals surface area contributed by atoms with Crippen LogP contribution < -0.4 is 5.56 Å². The Morgan fingerprint density at radius 2 is 1.72 bits per heavy atom. The van der Waals surface area contributed by atoms with Gasteiger partial charge in [0, 0.05) is 11.4 Å². The molecule has 0 fully saturated rings. The van der Waals surface area contributed by atoms with Gasteiger partial charge in [-0.15, -0.1) is 16.9 Å². The van der Waals surface area contributed by atoms with Crippen LogP contribution in [0.4, 0.5) is 4.39 Å². The predicted octanol–water partition coefficient (Wildman–Crippen LogP) is 4.54. The van der Waals surface area contributed by atoms with E-state index in [9.17, 15) is 19.1 Å². The average molecular weight is 450 g/mol. The lowest BCUT2D eigenvalue weighted by atomic mass is 10.1. The van der Waals surface area contributed by atoms with E-state index in [0.29, 0.717) is 10.9 Å². The number of nitrogens with zero attached hydrogens (tertiary/aromatic N) is 3. The highest BCUT2D eigenvalue weighted by Gasteiger charge is 2.20. The molecule has 4 rings (SSSR count). The molecule has 0 aliphatic heterocycles. The van der Waals surface area contributed by atoms with Gasteiger partial charge in [-0.05, 0) is 60.4 Å². The van der Waals surface area contributed by atoms with Crippen LogP contribution in [0.1, 0.15) is 12.0 Å². The van der Waals surface area contributed by atoms with Crippen LogP contribution in [0.25, 0.3) is 22.0 Å². The Hall–Kier alpha value is -3.52. The van der Waals surface area contributed by atoms with Crippen molar-refractivity contribution in [2.45, 2.75) is 30.0 Å². The Balaban J connectivity index is 1.47. The molecule has 1 unspecified atom stereocenters. The second-order valence-corrected chi connectivity index (χ2v) is 8.63. The zero-order chi connectivity index (χ0) is 22.7. The van der Waals surface area contributed by atoms with Gasteiger partial charge in [-0.3, -0.25) is 9.59 Å². The summed E-state index contributed by atoms with van der Waals surface area (Å²) in [4.78, 5) is 25.3. The highest BCUT2D eigenvalue weighted by molar-refractivity contribution is 8.00. The monoisotopic (exact) mass is 449 g/mol. The second kappa shape index (κ2) is 9.32. The van der Waals surface area contributed by atoms with Crippen molar-refractivity contribution in [3.8, 4) is 11.1 Å². The third kappa shape index (κ3) is 4.70. The lowest BCUT2D eigenvalue weighted by molar-refractivity contribution is -0.136. The van der Waals surface area contributed by atoms with Crippen molar-refractivity contribution in [2.24, 2.45) is 0 Å². The Morgan fingerprint density at radius 1 is 1.06 bits per heavy atom. The minimum atomic E-state index is -0.963. The van der Waals surface area contributed by atoms with Gasteiger partial charge in [-0.1, -0.05) is 41.6 Å². The van der Waals surface area contributed by atoms with Crippen LogP contribution in [-0.4, -0.2) is 31.3 Å². The quantitative estimate of drug-likeness (QED) is 0.417. The SMILES string of the molecule is Cc1cccc2c(=O)n(CCC(Sc3ccc(-c4ccc(F)cc4)cc3)C(=O)O)nnc12. The number of fused-ring (bicyclic) bond motifs is 1. The van der Waals surface area contributed by atoms with E-state index in [-0.39, 0.29) is 24.3 Å². The third-order valence-electron chi connectivity index (χ3n) is 5.14. The molecule has 1 aromatic heterocycles. The maximum Gasteiger partial charge on any atom is 0.317 e. The van der Waals surface area contributed by atoms with Crippen LogP contribution in [0.2, 0.25) is 0 Å². The number of aromatic nitrogens is 3. The first kappa shape index (κ1) is 21.7. The zero-order valence-electron chi connectivity index (χ0n) is 17.2. The molecule has 0 saturated carbocycles. The van der Waals surface area contributed by atoms with E-state index in [4.69, 9.17) is 0 Å². The number of halogens is 1. The molecule has 0 amide bonds. The van der Waals surface area contributed by atoms with E-state index >= 15 is 0 Å². The van der Waals surface area contributed by atoms with E-state index in [1.54, 1.807) is 24.3 Å². The summed E-state index contributed by atoms with van der Waals surface area (Å²) in [7, 11) is 0. The Bertz CT molecular complexity index is 1320. The molecule has 0 aliphatic rings. The van der Waals surface area contributed by atoms with Crippen molar-refractivity contribution in [3.63, 3.8) is 0 Å². The van der Waals surface area contributed by atoms with Crippen LogP contribution in [0, 0.1) is 12.7 Å². The number of hydrogen-bond acceptors (Lipinski definition) is 5. The Labute approximate surface area is 187 Å². The summed E-state index contributed by atoms with van der Waals surface area (Å²) < 4.78 is 14.3. The van der Waals surface area contributed by atoms with E-state index < -0.39 is 11.2 Å². The molecule has 1 heterocycles. The van der Waals surface area contributed by atoms with E-state index in [1.165, 1.54) is 28.6 Å². The summed E-state index contributed by atoms with van der Waals surface area (Å²) in [5.41, 5.74) is 2.93. The molecule has 1 N–H and O–H groups in total. The van der Waals surface area contributed by atoms with E-state index in [0.717, 1.165) is 21.6 Å². The second-order valence-electron chi connectivity index (χ2n) is 7.35. The maximum absolute atomic E-state index is 13.1. The van der Waals surface area contributed by atoms with Gasteiger partial charge < -0.3 is 5.11 Å². The summed E-state index contributed by atoms with van der Waals surface area (Å²) in [5.74, 6) is -1.26. The van der Waals surface area contributed by atoms with Gasteiger partial charge in [0.15, 0.2) is 0 Å². The minimum absolute atomic E-state index is 0.146. The van der Waals surface area contributed by atoms with Crippen molar-refractivity contribution >= 4 is 28.6 Å².